The SMILES string of the molecule is CC(c1cn[nH]c1)c1cn(CC(=O)N(C)Cc2ccc(-c3ccc(C(F)(F)F)cc3)cc2)c(SCc2ccc(F)cc2)nc1=O. The summed E-state index contributed by atoms with van der Waals surface area (Å²) < 4.78 is 53.8. The van der Waals surface area contributed by atoms with E-state index in [4.69, 9.17) is 0 Å². The molecule has 5 rings (SSSR count). The molecular weight excluding hydrogens is 606 g/mol. The van der Waals surface area contributed by atoms with Crippen LogP contribution in [0.4, 0.5) is 17.6 Å². The number of rotatable bonds is 10. The van der Waals surface area contributed by atoms with Gasteiger partial charge >= 0.3 is 6.18 Å². The van der Waals surface area contributed by atoms with Gasteiger partial charge in [0.2, 0.25) is 5.91 Å². The van der Waals surface area contributed by atoms with E-state index in [0.717, 1.165) is 34.4 Å². The highest BCUT2D eigenvalue weighted by atomic mass is 32.2. The molecule has 1 amide bonds. The molecule has 1 N–H and O–H groups in total. The lowest BCUT2D eigenvalue weighted by atomic mass is 9.98. The van der Waals surface area contributed by atoms with Gasteiger partial charge in [0.15, 0.2) is 5.16 Å². The molecule has 0 radical (unpaired) electrons. The highest BCUT2D eigenvalue weighted by Gasteiger charge is 2.30. The first kappa shape index (κ1) is 31.7. The number of carbonyl (C=O) groups is 1. The lowest BCUT2D eigenvalue weighted by molar-refractivity contribution is -0.137. The predicted molar refractivity (Wildman–Crippen MR) is 164 cm³/mol. The van der Waals surface area contributed by atoms with Crippen LogP contribution in [0.5, 0.6) is 0 Å². The number of benzene rings is 3. The Hall–Kier alpha value is -4.71. The second kappa shape index (κ2) is 13.5. The fraction of sp³-hybridized carbons (Fsp3) is 0.212. The number of nitrogens with one attached hydrogen (secondary N) is 1. The zero-order chi connectivity index (χ0) is 32.1. The molecule has 0 aliphatic heterocycles. The molecular formula is C33H29F4N5O2S. The van der Waals surface area contributed by atoms with Crippen LogP contribution >= 0.6 is 11.8 Å². The topological polar surface area (TPSA) is 83.9 Å². The number of hydrogen-bond acceptors (Lipinski definition) is 5. The first-order valence-electron chi connectivity index (χ1n) is 14.0. The van der Waals surface area contributed by atoms with E-state index >= 15 is 0 Å². The number of nitrogens with zero attached hydrogens (tertiary/aromatic N) is 4. The minimum Gasteiger partial charge on any atom is -0.340 e. The number of amides is 1. The third-order valence-electron chi connectivity index (χ3n) is 7.40. The summed E-state index contributed by atoms with van der Waals surface area (Å²) in [6, 6.07) is 18.2. The number of H-pyrrole nitrogens is 1. The summed E-state index contributed by atoms with van der Waals surface area (Å²) in [4.78, 5) is 32.4. The average molecular weight is 636 g/mol. The van der Waals surface area contributed by atoms with E-state index in [0.29, 0.717) is 22.0 Å². The number of aromatic amines is 1. The minimum absolute atomic E-state index is 0.0791. The van der Waals surface area contributed by atoms with E-state index in [-0.39, 0.29) is 30.7 Å². The van der Waals surface area contributed by atoms with Gasteiger partial charge in [-0.25, -0.2) is 4.39 Å². The molecule has 2 heterocycles. The summed E-state index contributed by atoms with van der Waals surface area (Å²) in [5, 5.41) is 7.07. The van der Waals surface area contributed by atoms with E-state index < -0.39 is 17.3 Å². The maximum Gasteiger partial charge on any atom is 0.416 e. The summed E-state index contributed by atoms with van der Waals surface area (Å²) in [7, 11) is 1.67. The number of aromatic nitrogens is 4. The molecule has 2 aromatic heterocycles. The molecule has 0 spiro atoms. The van der Waals surface area contributed by atoms with Crippen LogP contribution in [0.15, 0.2) is 101 Å². The van der Waals surface area contributed by atoms with Crippen molar-refractivity contribution in [1.82, 2.24) is 24.6 Å². The first-order chi connectivity index (χ1) is 21.5. The van der Waals surface area contributed by atoms with Gasteiger partial charge in [0.1, 0.15) is 12.4 Å². The molecule has 3 aromatic carbocycles. The number of likely N-dealkylation sites (N-methyl/N-ethyl adjacent to an activating group) is 1. The monoisotopic (exact) mass is 635 g/mol. The fourth-order valence-electron chi connectivity index (χ4n) is 4.71. The Balaban J connectivity index is 1.32. The first-order valence-corrected chi connectivity index (χ1v) is 14.9. The molecule has 1 unspecified atom stereocenters. The lowest BCUT2D eigenvalue weighted by Crippen LogP contribution is -2.31. The number of alkyl halides is 3. The van der Waals surface area contributed by atoms with Crippen molar-refractivity contribution in [2.24, 2.45) is 0 Å². The molecule has 5 aromatic rings. The van der Waals surface area contributed by atoms with Crippen molar-refractivity contribution >= 4 is 17.7 Å². The fourth-order valence-corrected chi connectivity index (χ4v) is 5.63. The van der Waals surface area contributed by atoms with Gasteiger partial charge in [-0.3, -0.25) is 14.7 Å². The number of halogens is 4. The van der Waals surface area contributed by atoms with E-state index in [1.165, 1.54) is 36.0 Å². The summed E-state index contributed by atoms with van der Waals surface area (Å²) in [5.41, 5.74) is 3.17. The third-order valence-corrected chi connectivity index (χ3v) is 8.46. The van der Waals surface area contributed by atoms with Crippen LogP contribution in [0.2, 0.25) is 0 Å². The molecule has 12 heteroatoms. The van der Waals surface area contributed by atoms with Crippen molar-refractivity contribution in [3.8, 4) is 11.1 Å². The molecule has 0 fully saturated rings. The van der Waals surface area contributed by atoms with Crippen LogP contribution in [0, 0.1) is 5.82 Å². The van der Waals surface area contributed by atoms with Crippen molar-refractivity contribution in [1.29, 1.82) is 0 Å². The standard InChI is InChI=1S/C33H29F4N5O2S/c1-21(26-15-38-39-16-26)29-18-42(32(40-31(29)44)45-20-23-5-13-28(34)14-6-23)19-30(43)41(2)17-22-3-7-24(8-4-22)25-9-11-27(12-10-25)33(35,36)37/h3-16,18,21H,17,19-20H2,1-2H3,(H,38,39). The van der Waals surface area contributed by atoms with Crippen LogP contribution in [0.3, 0.4) is 0 Å². The van der Waals surface area contributed by atoms with Gasteiger partial charge in [-0.05, 0) is 52.1 Å². The molecule has 0 aliphatic rings. The molecule has 232 valence electrons. The van der Waals surface area contributed by atoms with E-state index in [9.17, 15) is 27.2 Å². The molecule has 0 saturated heterocycles. The van der Waals surface area contributed by atoms with Gasteiger partial charge < -0.3 is 9.47 Å². The number of thioether (sulfide) groups is 1. The van der Waals surface area contributed by atoms with Crippen molar-refractivity contribution in [2.75, 3.05) is 7.05 Å². The Morgan fingerprint density at radius 1 is 0.978 bits per heavy atom. The molecule has 0 aliphatic carbocycles. The van der Waals surface area contributed by atoms with Crippen LogP contribution in [0.1, 0.15) is 40.7 Å². The van der Waals surface area contributed by atoms with Crippen LogP contribution in [-0.4, -0.2) is 37.6 Å². The summed E-state index contributed by atoms with van der Waals surface area (Å²) in [5.74, 6) is -0.474. The molecule has 1 atom stereocenters. The Morgan fingerprint density at radius 3 is 2.20 bits per heavy atom. The van der Waals surface area contributed by atoms with Crippen molar-refractivity contribution in [2.45, 2.75) is 43.0 Å². The van der Waals surface area contributed by atoms with Crippen molar-refractivity contribution < 1.29 is 22.4 Å². The largest absolute Gasteiger partial charge is 0.416 e. The van der Waals surface area contributed by atoms with E-state index in [1.807, 2.05) is 19.1 Å². The second-order valence-corrected chi connectivity index (χ2v) is 11.5. The highest BCUT2D eigenvalue weighted by Crippen LogP contribution is 2.31. The third kappa shape index (κ3) is 7.88. The lowest BCUT2D eigenvalue weighted by Gasteiger charge is -2.21. The van der Waals surface area contributed by atoms with E-state index in [1.54, 1.807) is 59.4 Å². The highest BCUT2D eigenvalue weighted by molar-refractivity contribution is 7.98. The quantitative estimate of drug-likeness (QED) is 0.103. The average Bonchev–Trinajstić information content (AvgIpc) is 3.57. The van der Waals surface area contributed by atoms with Gasteiger partial charge in [-0.1, -0.05) is 67.2 Å². The van der Waals surface area contributed by atoms with Crippen molar-refractivity contribution in [3.05, 3.63) is 135 Å². The van der Waals surface area contributed by atoms with Crippen molar-refractivity contribution in [3.63, 3.8) is 0 Å². The smallest absolute Gasteiger partial charge is 0.340 e. The van der Waals surface area contributed by atoms with Gasteiger partial charge in [-0.15, -0.1) is 0 Å². The zero-order valence-electron chi connectivity index (χ0n) is 24.4. The maximum atomic E-state index is 13.4. The summed E-state index contributed by atoms with van der Waals surface area (Å²) in [6.07, 6.45) is 0.595. The number of carbonyl (C=O) groups excluding carboxylic acids is 1. The summed E-state index contributed by atoms with van der Waals surface area (Å²) >= 11 is 1.28. The Morgan fingerprint density at radius 2 is 1.60 bits per heavy atom. The van der Waals surface area contributed by atoms with Gasteiger partial charge in [-0.2, -0.15) is 23.3 Å². The maximum absolute atomic E-state index is 13.4. The molecule has 45 heavy (non-hydrogen) atoms. The van der Waals surface area contributed by atoms with Gasteiger partial charge in [0.25, 0.3) is 5.56 Å². The van der Waals surface area contributed by atoms with E-state index in [2.05, 4.69) is 15.2 Å². The van der Waals surface area contributed by atoms with Crippen LogP contribution < -0.4 is 5.56 Å². The Bertz CT molecular complexity index is 1810. The molecule has 0 bridgehead atoms. The minimum atomic E-state index is -4.40. The molecule has 7 nitrogen and oxygen atoms in total. The normalized spacial score (nSPS) is 12.2. The van der Waals surface area contributed by atoms with Gasteiger partial charge in [0.05, 0.1) is 11.8 Å². The zero-order valence-corrected chi connectivity index (χ0v) is 25.2. The predicted octanol–water partition coefficient (Wildman–Crippen LogP) is 6.89. The number of hydrogen-bond donors (Lipinski definition) is 1. The second-order valence-electron chi connectivity index (χ2n) is 10.6. The Labute approximate surface area is 260 Å². The van der Waals surface area contributed by atoms with Crippen LogP contribution in [0.25, 0.3) is 11.1 Å². The van der Waals surface area contributed by atoms with Gasteiger partial charge in [0, 0.05) is 43.2 Å². The molecule has 0 saturated carbocycles. The summed E-state index contributed by atoms with van der Waals surface area (Å²) in [6.45, 7) is 2.07. The Kier molecular flexibility index (Phi) is 9.52. The van der Waals surface area contributed by atoms with Crippen LogP contribution in [-0.2, 0) is 29.8 Å².